The van der Waals surface area contributed by atoms with Gasteiger partial charge in [0.1, 0.15) is 5.75 Å². The van der Waals surface area contributed by atoms with Crippen LogP contribution in [-0.4, -0.2) is 11.1 Å². The summed E-state index contributed by atoms with van der Waals surface area (Å²) in [4.78, 5) is 11.5. The summed E-state index contributed by atoms with van der Waals surface area (Å²) >= 11 is 0. The minimum Gasteiger partial charge on any atom is -0.508 e. The number of anilines is 2. The first-order valence-electron chi connectivity index (χ1n) is 5.48. The average molecular weight is 282 g/mol. The molecule has 0 heterocycles. The lowest BCUT2D eigenvalue weighted by molar-refractivity contribution is 0.262. The van der Waals surface area contributed by atoms with Crippen molar-refractivity contribution in [2.45, 2.75) is 0 Å². The Morgan fingerprint density at radius 3 is 2.20 bits per heavy atom. The largest absolute Gasteiger partial charge is 0.508 e. The van der Waals surface area contributed by atoms with Gasteiger partial charge in [0.25, 0.3) is 0 Å². The molecule has 7 heteroatoms. The summed E-state index contributed by atoms with van der Waals surface area (Å²) in [6.07, 6.45) is 0. The fraction of sp³-hybridized carbons (Fsp3) is 0. The number of halogens is 3. The molecule has 20 heavy (non-hydrogen) atoms. The summed E-state index contributed by atoms with van der Waals surface area (Å²) in [7, 11) is 0. The molecule has 0 saturated heterocycles. The molecular weight excluding hydrogens is 273 g/mol. The normalized spacial score (nSPS) is 10.2. The van der Waals surface area contributed by atoms with E-state index in [-0.39, 0.29) is 5.75 Å². The second-order valence-electron chi connectivity index (χ2n) is 3.85. The fourth-order valence-electron chi connectivity index (χ4n) is 1.45. The Balaban J connectivity index is 2.08. The van der Waals surface area contributed by atoms with Crippen LogP contribution in [0.1, 0.15) is 0 Å². The highest BCUT2D eigenvalue weighted by atomic mass is 19.2. The van der Waals surface area contributed by atoms with Crippen molar-refractivity contribution in [1.82, 2.24) is 0 Å². The first kappa shape index (κ1) is 13.7. The van der Waals surface area contributed by atoms with Crippen molar-refractivity contribution < 1.29 is 23.1 Å². The SMILES string of the molecule is O=C(Nc1ccc(O)cc1)Nc1ccc(F)c(F)c1F. The Kier molecular flexibility index (Phi) is 3.79. The third-order valence-corrected chi connectivity index (χ3v) is 2.41. The molecule has 2 amide bonds. The van der Waals surface area contributed by atoms with Crippen LogP contribution < -0.4 is 10.6 Å². The molecule has 0 aliphatic heterocycles. The van der Waals surface area contributed by atoms with Crippen molar-refractivity contribution in [2.24, 2.45) is 0 Å². The van der Waals surface area contributed by atoms with Gasteiger partial charge >= 0.3 is 6.03 Å². The van der Waals surface area contributed by atoms with E-state index in [2.05, 4.69) is 5.32 Å². The van der Waals surface area contributed by atoms with Gasteiger partial charge in [-0.1, -0.05) is 0 Å². The van der Waals surface area contributed by atoms with Gasteiger partial charge in [-0.2, -0.15) is 0 Å². The average Bonchev–Trinajstić information content (AvgIpc) is 2.42. The Morgan fingerprint density at radius 2 is 1.55 bits per heavy atom. The van der Waals surface area contributed by atoms with Gasteiger partial charge in [-0.15, -0.1) is 0 Å². The van der Waals surface area contributed by atoms with Gasteiger partial charge in [0.05, 0.1) is 5.69 Å². The third-order valence-electron chi connectivity index (χ3n) is 2.41. The third kappa shape index (κ3) is 3.00. The van der Waals surface area contributed by atoms with E-state index in [9.17, 15) is 18.0 Å². The second-order valence-corrected chi connectivity index (χ2v) is 3.85. The first-order valence-corrected chi connectivity index (χ1v) is 5.48. The Morgan fingerprint density at radius 1 is 0.900 bits per heavy atom. The number of urea groups is 1. The topological polar surface area (TPSA) is 61.4 Å². The van der Waals surface area contributed by atoms with E-state index in [0.717, 1.165) is 6.07 Å². The molecule has 0 fully saturated rings. The van der Waals surface area contributed by atoms with Crippen LogP contribution in [0.2, 0.25) is 0 Å². The van der Waals surface area contributed by atoms with E-state index >= 15 is 0 Å². The summed E-state index contributed by atoms with van der Waals surface area (Å²) in [5, 5.41) is 13.4. The zero-order chi connectivity index (χ0) is 14.7. The molecule has 0 radical (unpaired) electrons. The fourth-order valence-corrected chi connectivity index (χ4v) is 1.45. The maximum atomic E-state index is 13.3. The van der Waals surface area contributed by atoms with Gasteiger partial charge < -0.3 is 15.7 Å². The quantitative estimate of drug-likeness (QED) is 0.583. The van der Waals surface area contributed by atoms with Crippen LogP contribution in [0.4, 0.5) is 29.3 Å². The molecule has 3 N–H and O–H groups in total. The van der Waals surface area contributed by atoms with E-state index in [0.29, 0.717) is 11.8 Å². The van der Waals surface area contributed by atoms with Gasteiger partial charge in [0.15, 0.2) is 17.5 Å². The summed E-state index contributed by atoms with van der Waals surface area (Å²) < 4.78 is 39.0. The highest BCUT2D eigenvalue weighted by molar-refractivity contribution is 5.99. The number of nitrogens with one attached hydrogen (secondary N) is 2. The predicted octanol–water partition coefficient (Wildman–Crippen LogP) is 3.45. The van der Waals surface area contributed by atoms with Crippen molar-refractivity contribution in [2.75, 3.05) is 10.6 Å². The number of phenolic OH excluding ortho intramolecular Hbond substituents is 1. The zero-order valence-corrected chi connectivity index (χ0v) is 9.95. The second kappa shape index (κ2) is 5.52. The van der Waals surface area contributed by atoms with Crippen LogP contribution in [0.25, 0.3) is 0 Å². The maximum absolute atomic E-state index is 13.3. The highest BCUT2D eigenvalue weighted by Gasteiger charge is 2.15. The van der Waals surface area contributed by atoms with Gasteiger partial charge in [0.2, 0.25) is 0 Å². The number of phenols is 1. The molecule has 0 aliphatic carbocycles. The van der Waals surface area contributed by atoms with Gasteiger partial charge in [-0.25, -0.2) is 18.0 Å². The van der Waals surface area contributed by atoms with Crippen LogP contribution in [-0.2, 0) is 0 Å². The molecule has 4 nitrogen and oxygen atoms in total. The standard InChI is InChI=1S/C13H9F3N2O2/c14-9-5-6-10(12(16)11(9)15)18-13(20)17-7-1-3-8(19)4-2-7/h1-6,19H,(H2,17,18,20). The van der Waals surface area contributed by atoms with Crippen molar-refractivity contribution >= 4 is 17.4 Å². The first-order chi connectivity index (χ1) is 9.47. The molecule has 0 atom stereocenters. The molecule has 0 bridgehead atoms. The molecule has 0 aliphatic rings. The highest BCUT2D eigenvalue weighted by Crippen LogP contribution is 2.20. The van der Waals surface area contributed by atoms with Crippen molar-refractivity contribution in [3.05, 3.63) is 53.8 Å². The number of hydrogen-bond acceptors (Lipinski definition) is 2. The van der Waals surface area contributed by atoms with Crippen LogP contribution in [0.5, 0.6) is 5.75 Å². The molecule has 0 saturated carbocycles. The number of amides is 2. The van der Waals surface area contributed by atoms with E-state index in [4.69, 9.17) is 5.11 Å². The molecule has 104 valence electrons. The molecule has 0 spiro atoms. The zero-order valence-electron chi connectivity index (χ0n) is 9.95. The minimum atomic E-state index is -1.66. The van der Waals surface area contributed by atoms with Crippen LogP contribution >= 0.6 is 0 Å². The van der Waals surface area contributed by atoms with Crippen molar-refractivity contribution in [3.8, 4) is 5.75 Å². The monoisotopic (exact) mass is 282 g/mol. The van der Waals surface area contributed by atoms with Crippen molar-refractivity contribution in [3.63, 3.8) is 0 Å². The lowest BCUT2D eigenvalue weighted by Crippen LogP contribution is -2.20. The Bertz CT molecular complexity index is 645. The van der Waals surface area contributed by atoms with Gasteiger partial charge in [0, 0.05) is 5.69 Å². The molecule has 2 aromatic rings. The number of carbonyl (C=O) groups excluding carboxylic acids is 1. The van der Waals surface area contributed by atoms with Crippen LogP contribution in [0, 0.1) is 17.5 Å². The summed E-state index contributed by atoms with van der Waals surface area (Å²) in [5.74, 6) is -4.46. The number of rotatable bonds is 2. The van der Waals surface area contributed by atoms with Crippen molar-refractivity contribution in [1.29, 1.82) is 0 Å². The van der Waals surface area contributed by atoms with E-state index in [1.807, 2.05) is 5.32 Å². The van der Waals surface area contributed by atoms with E-state index in [1.54, 1.807) is 0 Å². The smallest absolute Gasteiger partial charge is 0.323 e. The maximum Gasteiger partial charge on any atom is 0.323 e. The predicted molar refractivity (Wildman–Crippen MR) is 67.1 cm³/mol. The number of aromatic hydroxyl groups is 1. The number of carbonyl (C=O) groups is 1. The molecule has 0 unspecified atom stereocenters. The Labute approximate surface area is 111 Å². The molecule has 2 aromatic carbocycles. The Hall–Kier alpha value is -2.70. The summed E-state index contributed by atoms with van der Waals surface area (Å²) in [6.45, 7) is 0. The summed E-state index contributed by atoms with van der Waals surface area (Å²) in [5.41, 5.74) is -0.150. The number of hydrogen-bond donors (Lipinski definition) is 3. The lowest BCUT2D eigenvalue weighted by atomic mass is 10.3. The van der Waals surface area contributed by atoms with E-state index < -0.39 is 29.2 Å². The van der Waals surface area contributed by atoms with Gasteiger partial charge in [-0.3, -0.25) is 0 Å². The summed E-state index contributed by atoms with van der Waals surface area (Å²) in [6, 6.07) is 6.29. The van der Waals surface area contributed by atoms with Crippen LogP contribution in [0.15, 0.2) is 36.4 Å². The van der Waals surface area contributed by atoms with Gasteiger partial charge in [-0.05, 0) is 36.4 Å². The number of benzene rings is 2. The van der Waals surface area contributed by atoms with E-state index in [1.165, 1.54) is 24.3 Å². The minimum absolute atomic E-state index is 0.0163. The molecule has 0 aromatic heterocycles. The van der Waals surface area contributed by atoms with Crippen LogP contribution in [0.3, 0.4) is 0 Å². The lowest BCUT2D eigenvalue weighted by Gasteiger charge is -2.09. The molecule has 2 rings (SSSR count). The molecular formula is C13H9F3N2O2.